The molecule has 13 heavy (non-hydrogen) atoms. The first-order chi connectivity index (χ1) is 5.97. The molecule has 74 valence electrons. The van der Waals surface area contributed by atoms with Crippen molar-refractivity contribution in [3.8, 4) is 6.07 Å². The summed E-state index contributed by atoms with van der Waals surface area (Å²) in [5.74, 6) is 0. The molecule has 5 nitrogen and oxygen atoms in total. The van der Waals surface area contributed by atoms with Gasteiger partial charge in [0.15, 0.2) is 0 Å². The Hall–Kier alpha value is -0.640. The van der Waals surface area contributed by atoms with Crippen molar-refractivity contribution in [1.82, 2.24) is 0 Å². The Morgan fingerprint density at radius 1 is 1.62 bits per heavy atom. The molecule has 1 rings (SSSR count). The topological polar surface area (TPSA) is 76.4 Å². The highest BCUT2D eigenvalue weighted by Gasteiger charge is 2.39. The van der Waals surface area contributed by atoms with Crippen LogP contribution in [0.2, 0.25) is 0 Å². The zero-order valence-electron chi connectivity index (χ0n) is 7.32. The quantitative estimate of drug-likeness (QED) is 0.599. The van der Waals surface area contributed by atoms with E-state index in [9.17, 15) is 8.42 Å². The lowest BCUT2D eigenvalue weighted by Gasteiger charge is -2.38. The minimum atomic E-state index is -3.42. The van der Waals surface area contributed by atoms with Gasteiger partial charge in [-0.25, -0.2) is 0 Å². The average Bonchev–Trinajstić information content (AvgIpc) is 1.92. The smallest absolute Gasteiger partial charge is 0.264 e. The van der Waals surface area contributed by atoms with Crippen LogP contribution in [0.1, 0.15) is 6.42 Å². The molecular weight excluding hydrogens is 194 g/mol. The first-order valence-electron chi connectivity index (χ1n) is 3.77. The molecule has 0 aromatic carbocycles. The lowest BCUT2D eigenvalue weighted by molar-refractivity contribution is -0.128. The van der Waals surface area contributed by atoms with Gasteiger partial charge in [-0.05, 0) is 0 Å². The highest BCUT2D eigenvalue weighted by Crippen LogP contribution is 2.31. The van der Waals surface area contributed by atoms with Gasteiger partial charge < -0.3 is 4.74 Å². The van der Waals surface area contributed by atoms with Gasteiger partial charge in [0.1, 0.15) is 0 Å². The second-order valence-corrected chi connectivity index (χ2v) is 4.94. The normalized spacial score (nSPS) is 20.3. The van der Waals surface area contributed by atoms with Gasteiger partial charge in [0.2, 0.25) is 0 Å². The van der Waals surface area contributed by atoms with E-state index in [0.29, 0.717) is 13.2 Å². The Balaban J connectivity index is 2.46. The zero-order valence-corrected chi connectivity index (χ0v) is 8.13. The summed E-state index contributed by atoms with van der Waals surface area (Å²) in [7, 11) is -3.42. The molecule has 1 heterocycles. The number of hydrogen-bond donors (Lipinski definition) is 0. The van der Waals surface area contributed by atoms with Gasteiger partial charge in [-0.1, -0.05) is 0 Å². The van der Waals surface area contributed by atoms with Gasteiger partial charge in [0.25, 0.3) is 10.1 Å². The lowest BCUT2D eigenvalue weighted by Crippen LogP contribution is -2.46. The molecule has 1 saturated heterocycles. The second kappa shape index (κ2) is 3.62. The van der Waals surface area contributed by atoms with Gasteiger partial charge in [0.05, 0.1) is 37.6 Å². The molecule has 0 saturated carbocycles. The molecule has 0 N–H and O–H groups in total. The maximum Gasteiger partial charge on any atom is 0.264 e. The molecule has 1 fully saturated rings. The summed E-state index contributed by atoms with van der Waals surface area (Å²) in [6.07, 6.45) is 1.26. The second-order valence-electron chi connectivity index (χ2n) is 3.29. The summed E-state index contributed by atoms with van der Waals surface area (Å²) in [5.41, 5.74) is -0.405. The van der Waals surface area contributed by atoms with E-state index in [1.807, 2.05) is 6.07 Å². The standard InChI is InChI=1S/C7H11NO4S/c1-13(9,10)12-6-7(2-3-8)4-11-5-7/h2,4-6H2,1H3. The Morgan fingerprint density at radius 3 is 2.54 bits per heavy atom. The summed E-state index contributed by atoms with van der Waals surface area (Å²) in [5, 5.41) is 8.49. The molecule has 1 aliphatic heterocycles. The average molecular weight is 205 g/mol. The molecule has 0 atom stereocenters. The maximum absolute atomic E-state index is 10.7. The molecule has 0 aliphatic carbocycles. The van der Waals surface area contributed by atoms with Crippen molar-refractivity contribution in [1.29, 1.82) is 5.26 Å². The molecule has 0 bridgehead atoms. The van der Waals surface area contributed by atoms with Crippen LogP contribution in [-0.4, -0.2) is 34.5 Å². The third-order valence-corrected chi connectivity index (χ3v) is 2.40. The molecular formula is C7H11NO4S. The van der Waals surface area contributed by atoms with Crippen LogP contribution in [0.3, 0.4) is 0 Å². The van der Waals surface area contributed by atoms with Crippen molar-refractivity contribution in [2.75, 3.05) is 26.1 Å². The Bertz CT molecular complexity index is 312. The number of nitriles is 1. The largest absolute Gasteiger partial charge is 0.380 e. The minimum Gasteiger partial charge on any atom is -0.380 e. The Kier molecular flexibility index (Phi) is 2.91. The fraction of sp³-hybridized carbons (Fsp3) is 0.857. The van der Waals surface area contributed by atoms with E-state index in [2.05, 4.69) is 4.18 Å². The Labute approximate surface area is 77.4 Å². The molecule has 0 radical (unpaired) electrons. The number of rotatable bonds is 4. The van der Waals surface area contributed by atoms with Crippen molar-refractivity contribution < 1.29 is 17.3 Å². The predicted molar refractivity (Wildman–Crippen MR) is 44.3 cm³/mol. The summed E-state index contributed by atoms with van der Waals surface area (Å²) in [6, 6.07) is 1.99. The summed E-state index contributed by atoms with van der Waals surface area (Å²) < 4.78 is 30.9. The van der Waals surface area contributed by atoms with E-state index in [-0.39, 0.29) is 13.0 Å². The molecule has 0 aromatic heterocycles. The number of ether oxygens (including phenoxy) is 1. The molecule has 0 unspecified atom stereocenters. The summed E-state index contributed by atoms with van der Waals surface area (Å²) >= 11 is 0. The van der Waals surface area contributed by atoms with Gasteiger partial charge in [-0.15, -0.1) is 0 Å². The maximum atomic E-state index is 10.7. The van der Waals surface area contributed by atoms with Crippen molar-refractivity contribution >= 4 is 10.1 Å². The van der Waals surface area contributed by atoms with Gasteiger partial charge in [-0.3, -0.25) is 4.18 Å². The van der Waals surface area contributed by atoms with Gasteiger partial charge in [0, 0.05) is 6.42 Å². The van der Waals surface area contributed by atoms with Crippen molar-refractivity contribution in [2.45, 2.75) is 6.42 Å². The summed E-state index contributed by atoms with van der Waals surface area (Å²) in [6.45, 7) is 0.839. The lowest BCUT2D eigenvalue weighted by atomic mass is 9.84. The molecule has 1 aliphatic rings. The van der Waals surface area contributed by atoms with Crippen molar-refractivity contribution in [3.63, 3.8) is 0 Å². The van der Waals surface area contributed by atoms with E-state index in [0.717, 1.165) is 6.26 Å². The van der Waals surface area contributed by atoms with E-state index >= 15 is 0 Å². The van der Waals surface area contributed by atoms with E-state index < -0.39 is 15.5 Å². The van der Waals surface area contributed by atoms with Crippen LogP contribution in [0, 0.1) is 16.7 Å². The highest BCUT2D eigenvalue weighted by atomic mass is 32.2. The van der Waals surface area contributed by atoms with Crippen LogP contribution in [0.5, 0.6) is 0 Å². The first kappa shape index (κ1) is 10.4. The zero-order chi connectivity index (χ0) is 9.95. The Morgan fingerprint density at radius 2 is 2.23 bits per heavy atom. The number of nitrogens with zero attached hydrogens (tertiary/aromatic N) is 1. The predicted octanol–water partition coefficient (Wildman–Crippen LogP) is -0.107. The van der Waals surface area contributed by atoms with Gasteiger partial charge in [-0.2, -0.15) is 13.7 Å². The SMILES string of the molecule is CS(=O)(=O)OCC1(CC#N)COC1. The van der Waals surface area contributed by atoms with Crippen LogP contribution >= 0.6 is 0 Å². The van der Waals surface area contributed by atoms with E-state index in [1.54, 1.807) is 0 Å². The van der Waals surface area contributed by atoms with Crippen LogP contribution in [0.4, 0.5) is 0 Å². The molecule has 0 aromatic rings. The minimum absolute atomic E-state index is 0.0411. The monoisotopic (exact) mass is 205 g/mol. The fourth-order valence-corrected chi connectivity index (χ4v) is 1.49. The molecule has 0 amide bonds. The van der Waals surface area contributed by atoms with Crippen molar-refractivity contribution in [3.05, 3.63) is 0 Å². The van der Waals surface area contributed by atoms with E-state index in [1.165, 1.54) is 0 Å². The highest BCUT2D eigenvalue weighted by molar-refractivity contribution is 7.85. The summed E-state index contributed by atoms with van der Waals surface area (Å²) in [4.78, 5) is 0. The fourth-order valence-electron chi connectivity index (χ4n) is 1.03. The van der Waals surface area contributed by atoms with Gasteiger partial charge >= 0.3 is 0 Å². The third-order valence-electron chi connectivity index (χ3n) is 1.85. The third kappa shape index (κ3) is 2.95. The van der Waals surface area contributed by atoms with Crippen LogP contribution in [-0.2, 0) is 19.0 Å². The molecule has 0 spiro atoms. The van der Waals surface area contributed by atoms with Crippen LogP contribution < -0.4 is 0 Å². The molecule has 6 heteroatoms. The van der Waals surface area contributed by atoms with Crippen LogP contribution in [0.25, 0.3) is 0 Å². The number of hydrogen-bond acceptors (Lipinski definition) is 5. The van der Waals surface area contributed by atoms with Crippen molar-refractivity contribution in [2.24, 2.45) is 5.41 Å². The van der Waals surface area contributed by atoms with Crippen LogP contribution in [0.15, 0.2) is 0 Å². The first-order valence-corrected chi connectivity index (χ1v) is 5.58. The van der Waals surface area contributed by atoms with E-state index in [4.69, 9.17) is 10.00 Å².